The maximum absolute atomic E-state index is 13.3. The van der Waals surface area contributed by atoms with Crippen molar-refractivity contribution < 1.29 is 4.39 Å². The molecule has 0 aromatic carbocycles. The molecule has 70 valence electrons. The summed E-state index contributed by atoms with van der Waals surface area (Å²) in [6, 6.07) is 3.35. The van der Waals surface area contributed by atoms with Crippen molar-refractivity contribution in [2.24, 2.45) is 0 Å². The summed E-state index contributed by atoms with van der Waals surface area (Å²) in [6.45, 7) is 0. The summed E-state index contributed by atoms with van der Waals surface area (Å²) in [4.78, 5) is 11.5. The monoisotopic (exact) mass is 301 g/mol. The largest absolute Gasteiger partial charge is 0.236 e. The highest BCUT2D eigenvalue weighted by molar-refractivity contribution is 14.1. The zero-order valence-electron chi connectivity index (χ0n) is 6.98. The molecule has 0 saturated carbocycles. The van der Waals surface area contributed by atoms with Crippen molar-refractivity contribution >= 4 is 22.6 Å². The first-order chi connectivity index (χ1) is 6.77. The molecule has 5 heteroatoms. The van der Waals surface area contributed by atoms with Crippen LogP contribution >= 0.6 is 22.6 Å². The summed E-state index contributed by atoms with van der Waals surface area (Å²) in [5, 5.41) is 0. The first kappa shape index (κ1) is 9.45. The Morgan fingerprint density at radius 1 is 1.14 bits per heavy atom. The number of aromatic nitrogens is 3. The zero-order chi connectivity index (χ0) is 9.97. The number of rotatable bonds is 1. The van der Waals surface area contributed by atoms with Crippen LogP contribution in [0.25, 0.3) is 11.4 Å². The second-order valence-electron chi connectivity index (χ2n) is 2.56. The summed E-state index contributed by atoms with van der Waals surface area (Å²) < 4.78 is 14.1. The highest BCUT2D eigenvalue weighted by atomic mass is 127. The normalized spacial score (nSPS) is 10.1. The Labute approximate surface area is 93.6 Å². The van der Waals surface area contributed by atoms with Gasteiger partial charge in [-0.2, -0.15) is 4.39 Å². The molecule has 0 amide bonds. The van der Waals surface area contributed by atoms with E-state index in [1.54, 1.807) is 24.5 Å². The zero-order valence-corrected chi connectivity index (χ0v) is 9.14. The van der Waals surface area contributed by atoms with Gasteiger partial charge in [-0.3, -0.25) is 0 Å². The first-order valence-corrected chi connectivity index (χ1v) is 4.93. The molecule has 0 N–H and O–H groups in total. The molecule has 0 atom stereocenters. The molecule has 14 heavy (non-hydrogen) atoms. The van der Waals surface area contributed by atoms with E-state index in [-0.39, 0.29) is 0 Å². The van der Waals surface area contributed by atoms with Crippen molar-refractivity contribution in [3.63, 3.8) is 0 Å². The maximum atomic E-state index is 13.3. The highest BCUT2D eigenvalue weighted by Gasteiger charge is 2.08. The van der Waals surface area contributed by atoms with Gasteiger partial charge in [0, 0.05) is 22.2 Å². The third-order valence-corrected chi connectivity index (χ3v) is 2.20. The van der Waals surface area contributed by atoms with Gasteiger partial charge in [-0.15, -0.1) is 0 Å². The lowest BCUT2D eigenvalue weighted by atomic mass is 10.2. The summed E-state index contributed by atoms with van der Waals surface area (Å²) in [6.07, 6.45) is 4.60. The van der Waals surface area contributed by atoms with Crippen LogP contribution in [0.4, 0.5) is 4.39 Å². The fourth-order valence-electron chi connectivity index (χ4n) is 1.02. The van der Waals surface area contributed by atoms with Gasteiger partial charge in [0.25, 0.3) is 0 Å². The van der Waals surface area contributed by atoms with Gasteiger partial charge in [0.2, 0.25) is 5.95 Å². The third-order valence-electron chi connectivity index (χ3n) is 1.61. The summed E-state index contributed by atoms with van der Waals surface area (Å²) >= 11 is 2.06. The average molecular weight is 301 g/mol. The molecule has 2 heterocycles. The molecule has 0 aliphatic heterocycles. The van der Waals surface area contributed by atoms with E-state index in [2.05, 4.69) is 37.5 Å². The van der Waals surface area contributed by atoms with Crippen molar-refractivity contribution in [3.8, 4) is 11.4 Å². The SMILES string of the molecule is Fc1ncc(I)cc1-c1ncccn1. The molecular weight excluding hydrogens is 296 g/mol. The standard InChI is InChI=1S/C9H5FIN3/c10-8-7(4-6(11)5-14-8)9-12-2-1-3-13-9/h1-5H. The van der Waals surface area contributed by atoms with Gasteiger partial charge in [-0.25, -0.2) is 15.0 Å². The molecule has 2 aromatic rings. The number of hydrogen-bond acceptors (Lipinski definition) is 3. The smallest absolute Gasteiger partial charge is 0.224 e. The highest BCUT2D eigenvalue weighted by Crippen LogP contribution is 2.18. The topological polar surface area (TPSA) is 38.7 Å². The molecule has 0 fully saturated rings. The van der Waals surface area contributed by atoms with Crippen LogP contribution in [0.3, 0.4) is 0 Å². The summed E-state index contributed by atoms with van der Waals surface area (Å²) in [5.41, 5.74) is 0.331. The lowest BCUT2D eigenvalue weighted by molar-refractivity contribution is 0.585. The van der Waals surface area contributed by atoms with Gasteiger partial charge >= 0.3 is 0 Å². The van der Waals surface area contributed by atoms with Gasteiger partial charge in [0.15, 0.2) is 5.82 Å². The molecule has 2 rings (SSSR count). The van der Waals surface area contributed by atoms with Gasteiger partial charge in [0.05, 0.1) is 5.56 Å². The van der Waals surface area contributed by atoms with Crippen molar-refractivity contribution in [1.29, 1.82) is 0 Å². The molecule has 3 nitrogen and oxygen atoms in total. The third kappa shape index (κ3) is 1.87. The molecular formula is C9H5FIN3. The molecule has 0 aliphatic rings. The molecule has 0 radical (unpaired) electrons. The van der Waals surface area contributed by atoms with Gasteiger partial charge < -0.3 is 0 Å². The lowest BCUT2D eigenvalue weighted by Gasteiger charge is -2.00. The lowest BCUT2D eigenvalue weighted by Crippen LogP contribution is -1.94. The van der Waals surface area contributed by atoms with E-state index in [9.17, 15) is 4.39 Å². The minimum Gasteiger partial charge on any atom is -0.236 e. The fraction of sp³-hybridized carbons (Fsp3) is 0. The van der Waals surface area contributed by atoms with Crippen LogP contribution in [0, 0.1) is 9.52 Å². The van der Waals surface area contributed by atoms with Crippen LogP contribution in [0.1, 0.15) is 0 Å². The van der Waals surface area contributed by atoms with E-state index in [0.717, 1.165) is 3.57 Å². The molecule has 0 aliphatic carbocycles. The number of hydrogen-bond donors (Lipinski definition) is 0. The van der Waals surface area contributed by atoms with Crippen LogP contribution in [0.2, 0.25) is 0 Å². The van der Waals surface area contributed by atoms with E-state index in [1.165, 1.54) is 6.20 Å². The van der Waals surface area contributed by atoms with Gasteiger partial charge in [-0.1, -0.05) is 0 Å². The number of pyridine rings is 1. The van der Waals surface area contributed by atoms with Crippen LogP contribution in [0.5, 0.6) is 0 Å². The second-order valence-corrected chi connectivity index (χ2v) is 3.81. The maximum Gasteiger partial charge on any atom is 0.224 e. The predicted octanol–water partition coefficient (Wildman–Crippen LogP) is 2.28. The van der Waals surface area contributed by atoms with Crippen molar-refractivity contribution in [1.82, 2.24) is 15.0 Å². The molecule has 0 unspecified atom stereocenters. The quantitative estimate of drug-likeness (QED) is 0.599. The average Bonchev–Trinajstić information content (AvgIpc) is 2.23. The Hall–Kier alpha value is -1.11. The Balaban J connectivity index is 2.57. The second kappa shape index (κ2) is 3.95. The molecule has 2 aromatic heterocycles. The van der Waals surface area contributed by atoms with E-state index < -0.39 is 5.95 Å². The van der Waals surface area contributed by atoms with E-state index in [0.29, 0.717) is 11.4 Å². The summed E-state index contributed by atoms with van der Waals surface area (Å²) in [5.74, 6) is -0.187. The Bertz CT molecular complexity index is 447. The minimum atomic E-state index is -0.545. The Morgan fingerprint density at radius 3 is 2.57 bits per heavy atom. The number of halogens is 2. The Morgan fingerprint density at radius 2 is 1.86 bits per heavy atom. The van der Waals surface area contributed by atoms with E-state index >= 15 is 0 Å². The number of nitrogens with zero attached hydrogens (tertiary/aromatic N) is 3. The fourth-order valence-corrected chi connectivity index (χ4v) is 1.47. The van der Waals surface area contributed by atoms with Crippen LogP contribution in [-0.2, 0) is 0 Å². The first-order valence-electron chi connectivity index (χ1n) is 3.86. The molecule has 0 spiro atoms. The van der Waals surface area contributed by atoms with E-state index in [4.69, 9.17) is 0 Å². The Kier molecular flexibility index (Phi) is 2.67. The molecule has 0 saturated heterocycles. The van der Waals surface area contributed by atoms with Crippen LogP contribution in [-0.4, -0.2) is 15.0 Å². The predicted molar refractivity (Wildman–Crippen MR) is 57.9 cm³/mol. The summed E-state index contributed by atoms with van der Waals surface area (Å²) in [7, 11) is 0. The molecule has 0 bridgehead atoms. The van der Waals surface area contributed by atoms with Crippen molar-refractivity contribution in [3.05, 3.63) is 40.2 Å². The van der Waals surface area contributed by atoms with Crippen molar-refractivity contribution in [2.45, 2.75) is 0 Å². The van der Waals surface area contributed by atoms with Crippen LogP contribution < -0.4 is 0 Å². The van der Waals surface area contributed by atoms with Gasteiger partial charge in [0.1, 0.15) is 0 Å². The van der Waals surface area contributed by atoms with Crippen molar-refractivity contribution in [2.75, 3.05) is 0 Å². The minimum absolute atomic E-state index is 0.331. The van der Waals surface area contributed by atoms with Gasteiger partial charge in [-0.05, 0) is 34.7 Å². The van der Waals surface area contributed by atoms with E-state index in [1.807, 2.05) is 0 Å². The van der Waals surface area contributed by atoms with Crippen LogP contribution in [0.15, 0.2) is 30.7 Å².